The zero-order chi connectivity index (χ0) is 15.9. The van der Waals surface area contributed by atoms with E-state index in [0.29, 0.717) is 0 Å². The van der Waals surface area contributed by atoms with Crippen molar-refractivity contribution in [3.8, 4) is 0 Å². The molecule has 0 spiro atoms. The second-order valence-electron chi connectivity index (χ2n) is 5.02. The molecular weight excluding hydrogens is 266 g/mol. The quantitative estimate of drug-likeness (QED) is 0.464. The van der Waals surface area contributed by atoms with Gasteiger partial charge in [-0.05, 0) is 20.8 Å². The van der Waals surface area contributed by atoms with Crippen molar-refractivity contribution in [2.75, 3.05) is 14.2 Å². The third-order valence-electron chi connectivity index (χ3n) is 2.10. The molecule has 0 saturated carbocycles. The number of hydrogen-bond acceptors (Lipinski definition) is 6. The Morgan fingerprint density at radius 1 is 1.15 bits per heavy atom. The molecule has 0 aliphatic carbocycles. The minimum absolute atomic E-state index is 0.0407. The van der Waals surface area contributed by atoms with Gasteiger partial charge in [0.05, 0.1) is 14.2 Å². The van der Waals surface area contributed by atoms with Gasteiger partial charge in [-0.1, -0.05) is 6.58 Å². The lowest BCUT2D eigenvalue weighted by atomic mass is 10.1. The Bertz CT molecular complexity index is 396. The van der Waals surface area contributed by atoms with Crippen molar-refractivity contribution in [1.82, 2.24) is 5.32 Å². The molecule has 0 aliphatic heterocycles. The predicted molar refractivity (Wildman–Crippen MR) is 70.9 cm³/mol. The number of amides is 1. The highest BCUT2D eigenvalue weighted by atomic mass is 16.6. The molecule has 7 nitrogen and oxygen atoms in total. The fraction of sp³-hybridized carbons (Fsp3) is 0.615. The number of methoxy groups -OCH3 is 2. The lowest BCUT2D eigenvalue weighted by molar-refractivity contribution is -0.143. The summed E-state index contributed by atoms with van der Waals surface area (Å²) in [6.45, 7) is 8.55. The second-order valence-corrected chi connectivity index (χ2v) is 5.02. The van der Waals surface area contributed by atoms with Crippen LogP contribution in [0.2, 0.25) is 0 Å². The molecule has 0 saturated heterocycles. The Labute approximate surface area is 118 Å². The van der Waals surface area contributed by atoms with Crippen LogP contribution in [0.1, 0.15) is 27.2 Å². The summed E-state index contributed by atoms with van der Waals surface area (Å²) in [5, 5.41) is 2.33. The first-order chi connectivity index (χ1) is 9.10. The Balaban J connectivity index is 4.74. The van der Waals surface area contributed by atoms with Crippen molar-refractivity contribution in [3.05, 3.63) is 12.2 Å². The van der Waals surface area contributed by atoms with Crippen molar-refractivity contribution in [3.63, 3.8) is 0 Å². The summed E-state index contributed by atoms with van der Waals surface area (Å²) in [4.78, 5) is 34.5. The van der Waals surface area contributed by atoms with Gasteiger partial charge < -0.3 is 19.5 Å². The lowest BCUT2D eigenvalue weighted by Crippen LogP contribution is -2.44. The molecule has 1 amide bonds. The number of alkyl carbamates (subject to hydrolysis) is 1. The van der Waals surface area contributed by atoms with Crippen molar-refractivity contribution < 1.29 is 28.6 Å². The van der Waals surface area contributed by atoms with Crippen LogP contribution in [0.5, 0.6) is 0 Å². The number of esters is 2. The number of nitrogens with one attached hydrogen (secondary N) is 1. The van der Waals surface area contributed by atoms with E-state index in [2.05, 4.69) is 21.4 Å². The SMILES string of the molecule is C=C(C[C@H](NC(=O)OC(C)(C)C)C(=O)OC)C(=O)OC. The molecule has 0 aromatic rings. The summed E-state index contributed by atoms with van der Waals surface area (Å²) in [6.07, 6.45) is -0.913. The molecule has 0 radical (unpaired) electrons. The number of carbonyl (C=O) groups excluding carboxylic acids is 3. The molecule has 0 rings (SSSR count). The summed E-state index contributed by atoms with van der Waals surface area (Å²) in [5.41, 5.74) is -0.664. The molecule has 20 heavy (non-hydrogen) atoms. The third kappa shape index (κ3) is 6.77. The molecule has 1 atom stereocenters. The van der Waals surface area contributed by atoms with Gasteiger partial charge in [0.25, 0.3) is 0 Å². The highest BCUT2D eigenvalue weighted by Crippen LogP contribution is 2.10. The Morgan fingerprint density at radius 2 is 1.70 bits per heavy atom. The van der Waals surface area contributed by atoms with E-state index in [4.69, 9.17) is 4.74 Å². The average molecular weight is 287 g/mol. The van der Waals surface area contributed by atoms with E-state index in [1.54, 1.807) is 20.8 Å². The van der Waals surface area contributed by atoms with E-state index in [1.165, 1.54) is 14.2 Å². The maximum absolute atomic E-state index is 11.6. The van der Waals surface area contributed by atoms with Gasteiger partial charge in [-0.2, -0.15) is 0 Å². The molecule has 0 aliphatic rings. The van der Waals surface area contributed by atoms with Crippen LogP contribution in [-0.4, -0.2) is 43.9 Å². The largest absolute Gasteiger partial charge is 0.467 e. The fourth-order valence-corrected chi connectivity index (χ4v) is 1.26. The smallest absolute Gasteiger partial charge is 0.408 e. The zero-order valence-corrected chi connectivity index (χ0v) is 12.4. The molecule has 0 aromatic heterocycles. The van der Waals surface area contributed by atoms with Crippen LogP contribution >= 0.6 is 0 Å². The fourth-order valence-electron chi connectivity index (χ4n) is 1.26. The molecule has 0 fully saturated rings. The van der Waals surface area contributed by atoms with Crippen LogP contribution in [-0.2, 0) is 23.8 Å². The number of carbonyl (C=O) groups is 3. The minimum Gasteiger partial charge on any atom is -0.467 e. The van der Waals surface area contributed by atoms with Crippen molar-refractivity contribution in [2.24, 2.45) is 0 Å². The van der Waals surface area contributed by atoms with Crippen LogP contribution in [0, 0.1) is 0 Å². The van der Waals surface area contributed by atoms with Crippen LogP contribution in [0.15, 0.2) is 12.2 Å². The number of rotatable bonds is 5. The van der Waals surface area contributed by atoms with E-state index < -0.39 is 29.7 Å². The highest BCUT2D eigenvalue weighted by molar-refractivity contribution is 5.90. The maximum atomic E-state index is 11.6. The lowest BCUT2D eigenvalue weighted by Gasteiger charge is -2.22. The molecule has 0 heterocycles. The molecular formula is C13H21NO6. The van der Waals surface area contributed by atoms with E-state index in [1.807, 2.05) is 0 Å². The van der Waals surface area contributed by atoms with Crippen LogP contribution < -0.4 is 5.32 Å². The van der Waals surface area contributed by atoms with Crippen molar-refractivity contribution >= 4 is 18.0 Å². The van der Waals surface area contributed by atoms with Gasteiger partial charge in [-0.25, -0.2) is 14.4 Å². The molecule has 0 bridgehead atoms. The number of hydrogen-bond donors (Lipinski definition) is 1. The number of ether oxygens (including phenoxy) is 3. The Morgan fingerprint density at radius 3 is 2.10 bits per heavy atom. The third-order valence-corrected chi connectivity index (χ3v) is 2.10. The standard InChI is InChI=1S/C13H21NO6/c1-8(10(15)18-5)7-9(11(16)19-6)14-12(17)20-13(2,3)4/h9H,1,7H2,2-6H3,(H,14,17)/t9-/m0/s1. The van der Waals surface area contributed by atoms with Gasteiger partial charge in [0.2, 0.25) is 0 Å². The first kappa shape index (κ1) is 17.9. The maximum Gasteiger partial charge on any atom is 0.408 e. The monoisotopic (exact) mass is 287 g/mol. The van der Waals surface area contributed by atoms with Gasteiger partial charge in [-0.15, -0.1) is 0 Å². The first-order valence-electron chi connectivity index (χ1n) is 5.94. The summed E-state index contributed by atoms with van der Waals surface area (Å²) in [5.74, 6) is -1.37. The summed E-state index contributed by atoms with van der Waals surface area (Å²) >= 11 is 0. The van der Waals surface area contributed by atoms with E-state index in [9.17, 15) is 14.4 Å². The zero-order valence-electron chi connectivity index (χ0n) is 12.4. The van der Waals surface area contributed by atoms with Crippen LogP contribution in [0.25, 0.3) is 0 Å². The van der Waals surface area contributed by atoms with Crippen molar-refractivity contribution in [1.29, 1.82) is 0 Å². The van der Waals surface area contributed by atoms with Gasteiger partial charge in [0.15, 0.2) is 0 Å². The van der Waals surface area contributed by atoms with Gasteiger partial charge >= 0.3 is 18.0 Å². The second kappa shape index (κ2) is 7.52. The van der Waals surface area contributed by atoms with Gasteiger partial charge in [-0.3, -0.25) is 0 Å². The minimum atomic E-state index is -1.07. The summed E-state index contributed by atoms with van der Waals surface area (Å²) < 4.78 is 14.1. The van der Waals surface area contributed by atoms with E-state index >= 15 is 0 Å². The van der Waals surface area contributed by atoms with E-state index in [0.717, 1.165) is 0 Å². The van der Waals surface area contributed by atoms with Gasteiger partial charge in [0, 0.05) is 12.0 Å². The topological polar surface area (TPSA) is 90.9 Å². The average Bonchev–Trinajstić information content (AvgIpc) is 2.33. The van der Waals surface area contributed by atoms with E-state index in [-0.39, 0.29) is 12.0 Å². The van der Waals surface area contributed by atoms with Crippen LogP contribution in [0.4, 0.5) is 4.79 Å². The molecule has 0 unspecified atom stereocenters. The normalized spacial score (nSPS) is 12.1. The summed E-state index contributed by atoms with van der Waals surface area (Å²) in [7, 11) is 2.37. The molecule has 0 aromatic carbocycles. The Kier molecular flexibility index (Phi) is 6.75. The first-order valence-corrected chi connectivity index (χ1v) is 5.94. The Hall–Kier alpha value is -2.05. The van der Waals surface area contributed by atoms with Gasteiger partial charge in [0.1, 0.15) is 11.6 Å². The highest BCUT2D eigenvalue weighted by Gasteiger charge is 2.27. The predicted octanol–water partition coefficient (Wildman–Crippen LogP) is 1.17. The van der Waals surface area contributed by atoms with Crippen LogP contribution in [0.3, 0.4) is 0 Å². The molecule has 1 N–H and O–H groups in total. The summed E-state index contributed by atoms with van der Waals surface area (Å²) in [6, 6.07) is -1.07. The molecule has 114 valence electrons. The molecule has 7 heteroatoms. The van der Waals surface area contributed by atoms with Crippen molar-refractivity contribution in [2.45, 2.75) is 38.8 Å².